The molecule has 0 aliphatic carbocycles. The maximum Gasteiger partial charge on any atom is 0.308 e. The molecule has 5 heteroatoms. The summed E-state index contributed by atoms with van der Waals surface area (Å²) < 4.78 is 0. The van der Waals surface area contributed by atoms with Gasteiger partial charge in [0, 0.05) is 29.3 Å². The zero-order valence-electron chi connectivity index (χ0n) is 14.1. The van der Waals surface area contributed by atoms with Crippen LogP contribution in [0.3, 0.4) is 0 Å². The number of hydrogen-bond donors (Lipinski definition) is 1. The molecular weight excluding hydrogens is 334 g/mol. The Labute approximate surface area is 151 Å². The molecule has 0 bridgehead atoms. The lowest BCUT2D eigenvalue weighted by atomic mass is 9.99. The van der Waals surface area contributed by atoms with Crippen LogP contribution < -0.4 is 0 Å². The van der Waals surface area contributed by atoms with Gasteiger partial charge in [0.2, 0.25) is 0 Å². The van der Waals surface area contributed by atoms with Crippen LogP contribution in [0.25, 0.3) is 0 Å². The van der Waals surface area contributed by atoms with Gasteiger partial charge in [0.25, 0.3) is 5.91 Å². The minimum Gasteiger partial charge on any atom is -0.481 e. The van der Waals surface area contributed by atoms with E-state index in [4.69, 9.17) is 0 Å². The highest BCUT2D eigenvalue weighted by atomic mass is 32.2. The highest BCUT2D eigenvalue weighted by Crippen LogP contribution is 2.26. The van der Waals surface area contributed by atoms with Gasteiger partial charge >= 0.3 is 5.97 Å². The van der Waals surface area contributed by atoms with Crippen molar-refractivity contribution in [1.29, 1.82) is 0 Å². The molecule has 3 rings (SSSR count). The van der Waals surface area contributed by atoms with Crippen molar-refractivity contribution >= 4 is 23.6 Å². The van der Waals surface area contributed by atoms with E-state index in [2.05, 4.69) is 12.1 Å². The SMILES string of the molecule is C[C@@H]1CN(C(=O)c2ccc(SCc3ccccc3)cc2)C[C@H]1C(=O)O. The third kappa shape index (κ3) is 4.23. The number of rotatable bonds is 5. The largest absolute Gasteiger partial charge is 0.481 e. The molecule has 130 valence electrons. The van der Waals surface area contributed by atoms with Gasteiger partial charge in [0.15, 0.2) is 0 Å². The fraction of sp³-hybridized carbons (Fsp3) is 0.300. The first kappa shape index (κ1) is 17.5. The van der Waals surface area contributed by atoms with E-state index < -0.39 is 11.9 Å². The summed E-state index contributed by atoms with van der Waals surface area (Å²) in [7, 11) is 0. The molecule has 4 nitrogen and oxygen atoms in total. The van der Waals surface area contributed by atoms with E-state index in [1.54, 1.807) is 16.7 Å². The Kier molecular flexibility index (Phi) is 5.43. The van der Waals surface area contributed by atoms with Crippen LogP contribution in [0, 0.1) is 11.8 Å². The lowest BCUT2D eigenvalue weighted by Gasteiger charge is -2.16. The number of carboxylic acid groups (broad SMARTS) is 1. The zero-order valence-corrected chi connectivity index (χ0v) is 14.9. The van der Waals surface area contributed by atoms with Crippen molar-refractivity contribution in [3.05, 3.63) is 65.7 Å². The number of aliphatic carboxylic acids is 1. The number of carboxylic acids is 1. The number of hydrogen-bond acceptors (Lipinski definition) is 3. The van der Waals surface area contributed by atoms with Crippen LogP contribution in [-0.4, -0.2) is 35.0 Å². The quantitative estimate of drug-likeness (QED) is 0.830. The second-order valence-electron chi connectivity index (χ2n) is 6.43. The summed E-state index contributed by atoms with van der Waals surface area (Å²) in [6.45, 7) is 2.68. The first-order chi connectivity index (χ1) is 12.0. The van der Waals surface area contributed by atoms with Crippen LogP contribution in [0.1, 0.15) is 22.8 Å². The molecule has 0 spiro atoms. The molecule has 1 N–H and O–H groups in total. The van der Waals surface area contributed by atoms with Crippen LogP contribution >= 0.6 is 11.8 Å². The maximum atomic E-state index is 12.6. The third-order valence-electron chi connectivity index (χ3n) is 4.57. The van der Waals surface area contributed by atoms with E-state index >= 15 is 0 Å². The van der Waals surface area contributed by atoms with Crippen molar-refractivity contribution in [1.82, 2.24) is 4.90 Å². The van der Waals surface area contributed by atoms with E-state index in [0.717, 1.165) is 10.6 Å². The van der Waals surface area contributed by atoms with Crippen molar-refractivity contribution in [2.24, 2.45) is 11.8 Å². The fourth-order valence-corrected chi connectivity index (χ4v) is 3.93. The Morgan fingerprint density at radius 3 is 2.36 bits per heavy atom. The average Bonchev–Trinajstić information content (AvgIpc) is 3.03. The molecule has 1 fully saturated rings. The summed E-state index contributed by atoms with van der Waals surface area (Å²) in [4.78, 5) is 26.5. The smallest absolute Gasteiger partial charge is 0.308 e. The Morgan fingerprint density at radius 2 is 1.76 bits per heavy atom. The van der Waals surface area contributed by atoms with Gasteiger partial charge in [0.1, 0.15) is 0 Å². The molecule has 1 aliphatic rings. The van der Waals surface area contributed by atoms with Gasteiger partial charge < -0.3 is 10.0 Å². The first-order valence-corrected chi connectivity index (χ1v) is 9.32. The molecule has 0 radical (unpaired) electrons. The molecule has 0 saturated carbocycles. The topological polar surface area (TPSA) is 57.6 Å². The maximum absolute atomic E-state index is 12.6. The van der Waals surface area contributed by atoms with Crippen molar-refractivity contribution in [3.63, 3.8) is 0 Å². The molecule has 1 heterocycles. The van der Waals surface area contributed by atoms with Crippen LogP contribution in [0.2, 0.25) is 0 Å². The molecule has 0 aromatic heterocycles. The van der Waals surface area contributed by atoms with Crippen molar-refractivity contribution in [2.75, 3.05) is 13.1 Å². The van der Waals surface area contributed by atoms with Gasteiger partial charge in [-0.15, -0.1) is 11.8 Å². The second-order valence-corrected chi connectivity index (χ2v) is 7.48. The zero-order chi connectivity index (χ0) is 17.8. The number of benzene rings is 2. The predicted molar refractivity (Wildman–Crippen MR) is 98.6 cm³/mol. The minimum atomic E-state index is -0.824. The normalized spacial score (nSPS) is 19.8. The predicted octanol–water partition coefficient (Wildman–Crippen LogP) is 3.77. The minimum absolute atomic E-state index is 0.0119. The van der Waals surface area contributed by atoms with Gasteiger partial charge in [-0.25, -0.2) is 0 Å². The second kappa shape index (κ2) is 7.74. The lowest BCUT2D eigenvalue weighted by molar-refractivity contribution is -0.142. The molecule has 1 saturated heterocycles. The number of carbonyl (C=O) groups excluding carboxylic acids is 1. The number of carbonyl (C=O) groups is 2. The van der Waals surface area contributed by atoms with E-state index in [1.807, 2.05) is 49.4 Å². The Hall–Kier alpha value is -2.27. The average molecular weight is 355 g/mol. The standard InChI is InChI=1S/C20H21NO3S/c1-14-11-21(12-18(14)20(23)24)19(22)16-7-9-17(10-8-16)25-13-15-5-3-2-4-6-15/h2-10,14,18H,11-13H2,1H3,(H,23,24)/t14-,18-/m1/s1. The molecule has 2 atom stereocenters. The van der Waals surface area contributed by atoms with Crippen LogP contribution in [0.15, 0.2) is 59.5 Å². The Bertz CT molecular complexity index is 745. The van der Waals surface area contributed by atoms with Crippen LogP contribution in [0.4, 0.5) is 0 Å². The highest BCUT2D eigenvalue weighted by Gasteiger charge is 2.37. The Morgan fingerprint density at radius 1 is 1.08 bits per heavy atom. The molecule has 1 amide bonds. The number of amides is 1. The van der Waals surface area contributed by atoms with Gasteiger partial charge in [-0.05, 0) is 35.7 Å². The summed E-state index contributed by atoms with van der Waals surface area (Å²) >= 11 is 1.73. The van der Waals surface area contributed by atoms with Gasteiger partial charge in [-0.2, -0.15) is 0 Å². The van der Waals surface area contributed by atoms with E-state index in [9.17, 15) is 14.7 Å². The third-order valence-corrected chi connectivity index (χ3v) is 5.65. The number of thioether (sulfide) groups is 1. The summed E-state index contributed by atoms with van der Waals surface area (Å²) in [6.07, 6.45) is 0. The summed E-state index contributed by atoms with van der Waals surface area (Å²) in [6, 6.07) is 17.8. The number of nitrogens with zero attached hydrogens (tertiary/aromatic N) is 1. The first-order valence-electron chi connectivity index (χ1n) is 8.33. The van der Waals surface area contributed by atoms with E-state index in [0.29, 0.717) is 18.7 Å². The van der Waals surface area contributed by atoms with Gasteiger partial charge in [-0.1, -0.05) is 37.3 Å². The summed E-state index contributed by atoms with van der Waals surface area (Å²) in [5.74, 6) is -0.504. The van der Waals surface area contributed by atoms with Crippen LogP contribution in [0.5, 0.6) is 0 Å². The molecule has 2 aromatic rings. The number of likely N-dealkylation sites (tertiary alicyclic amines) is 1. The molecule has 0 unspecified atom stereocenters. The summed E-state index contributed by atoms with van der Waals surface area (Å²) in [5.41, 5.74) is 1.88. The van der Waals surface area contributed by atoms with E-state index in [-0.39, 0.29) is 11.8 Å². The molecular formula is C20H21NO3S. The van der Waals surface area contributed by atoms with Crippen molar-refractivity contribution in [3.8, 4) is 0 Å². The monoisotopic (exact) mass is 355 g/mol. The van der Waals surface area contributed by atoms with Crippen molar-refractivity contribution < 1.29 is 14.7 Å². The fourth-order valence-electron chi connectivity index (χ4n) is 3.07. The highest BCUT2D eigenvalue weighted by molar-refractivity contribution is 7.98. The Balaban J connectivity index is 1.60. The summed E-state index contributed by atoms with van der Waals surface area (Å²) in [5, 5.41) is 9.20. The van der Waals surface area contributed by atoms with Crippen molar-refractivity contribution in [2.45, 2.75) is 17.6 Å². The molecule has 1 aliphatic heterocycles. The van der Waals surface area contributed by atoms with Gasteiger partial charge in [-0.3, -0.25) is 9.59 Å². The van der Waals surface area contributed by atoms with E-state index in [1.165, 1.54) is 5.56 Å². The molecule has 2 aromatic carbocycles. The molecule has 25 heavy (non-hydrogen) atoms. The lowest BCUT2D eigenvalue weighted by Crippen LogP contribution is -2.29. The van der Waals surface area contributed by atoms with Gasteiger partial charge in [0.05, 0.1) is 5.92 Å². The van der Waals surface area contributed by atoms with Crippen LogP contribution in [-0.2, 0) is 10.5 Å².